The standard InChI is InChI=1S/C20H29NO2S.BrH/c1-13-10-21(12-24-13)11-16(23)14-8-9-15(22)18(20(5,6)7)17(14)19(2,3)4;/h8-10,12,16,23H,11H2,1-7H3;1H. The topological polar surface area (TPSA) is 44.3 Å². The Morgan fingerprint density at radius 3 is 2.04 bits per heavy atom. The molecule has 2 rings (SSSR count). The smallest absolute Gasteiger partial charge is 0.225 e. The number of aryl methyl sites for hydroxylation is 1. The summed E-state index contributed by atoms with van der Waals surface area (Å²) in [6.07, 6.45) is 1.44. The van der Waals surface area contributed by atoms with Crippen molar-refractivity contribution in [2.75, 3.05) is 0 Å². The summed E-state index contributed by atoms with van der Waals surface area (Å²) in [6.45, 7) is 15.3. The van der Waals surface area contributed by atoms with E-state index in [0.29, 0.717) is 12.3 Å². The summed E-state index contributed by atoms with van der Waals surface area (Å²) in [4.78, 5) is 1.22. The maximum atomic E-state index is 10.9. The van der Waals surface area contributed by atoms with Gasteiger partial charge in [-0.25, -0.2) is 0 Å². The zero-order chi connectivity index (χ0) is 18.3. The van der Waals surface area contributed by atoms with Gasteiger partial charge in [-0.3, -0.25) is 0 Å². The Hall–Kier alpha value is -0.910. The van der Waals surface area contributed by atoms with E-state index in [1.54, 1.807) is 17.4 Å². The molecule has 25 heavy (non-hydrogen) atoms. The average Bonchev–Trinajstić information content (AvgIpc) is 2.81. The molecule has 0 aliphatic carbocycles. The maximum absolute atomic E-state index is 10.9. The van der Waals surface area contributed by atoms with Gasteiger partial charge in [-0.15, -0.1) is 0 Å². The molecule has 0 amide bonds. The number of aliphatic hydroxyl groups is 1. The van der Waals surface area contributed by atoms with Crippen molar-refractivity contribution in [3.63, 3.8) is 0 Å². The predicted molar refractivity (Wildman–Crippen MR) is 99.7 cm³/mol. The number of phenols is 1. The van der Waals surface area contributed by atoms with E-state index in [0.717, 1.165) is 16.7 Å². The van der Waals surface area contributed by atoms with Gasteiger partial charge < -0.3 is 27.2 Å². The summed E-state index contributed by atoms with van der Waals surface area (Å²) in [5, 5.41) is 21.4. The van der Waals surface area contributed by atoms with E-state index >= 15 is 0 Å². The van der Waals surface area contributed by atoms with Crippen molar-refractivity contribution in [3.05, 3.63) is 45.4 Å². The second-order valence-corrected chi connectivity index (χ2v) is 9.69. The third kappa shape index (κ3) is 5.05. The van der Waals surface area contributed by atoms with Gasteiger partial charge in [0.2, 0.25) is 5.51 Å². The van der Waals surface area contributed by atoms with Crippen molar-refractivity contribution in [1.29, 1.82) is 0 Å². The Kier molecular flexibility index (Phi) is 6.87. The summed E-state index contributed by atoms with van der Waals surface area (Å²) in [6, 6.07) is 3.59. The van der Waals surface area contributed by atoms with E-state index in [1.807, 2.05) is 16.1 Å². The quantitative estimate of drug-likeness (QED) is 0.726. The van der Waals surface area contributed by atoms with Crippen LogP contribution in [0.25, 0.3) is 0 Å². The third-order valence-corrected chi connectivity index (χ3v) is 5.03. The fraction of sp³-hybridized carbons (Fsp3) is 0.550. The molecular formula is C20H30BrNO2S. The molecular weight excluding hydrogens is 398 g/mol. The monoisotopic (exact) mass is 427 g/mol. The summed E-state index contributed by atoms with van der Waals surface area (Å²) in [5.74, 6) is 0.308. The molecule has 140 valence electrons. The van der Waals surface area contributed by atoms with E-state index in [1.165, 1.54) is 4.88 Å². The largest absolute Gasteiger partial charge is 1.00 e. The lowest BCUT2D eigenvalue weighted by molar-refractivity contribution is -0.700. The highest BCUT2D eigenvalue weighted by molar-refractivity contribution is 7.09. The molecule has 1 aromatic heterocycles. The average molecular weight is 428 g/mol. The van der Waals surface area contributed by atoms with E-state index in [-0.39, 0.29) is 27.8 Å². The van der Waals surface area contributed by atoms with Crippen LogP contribution in [-0.2, 0) is 17.4 Å². The van der Waals surface area contributed by atoms with Gasteiger partial charge in [0.15, 0.2) is 12.7 Å². The van der Waals surface area contributed by atoms with Crippen molar-refractivity contribution in [2.24, 2.45) is 0 Å². The third-order valence-electron chi connectivity index (χ3n) is 4.18. The van der Waals surface area contributed by atoms with Gasteiger partial charge >= 0.3 is 0 Å². The second-order valence-electron chi connectivity index (χ2n) is 8.60. The molecule has 0 spiro atoms. The van der Waals surface area contributed by atoms with Crippen LogP contribution in [0.1, 0.15) is 69.2 Å². The van der Waals surface area contributed by atoms with Gasteiger partial charge in [-0.05, 0) is 34.9 Å². The van der Waals surface area contributed by atoms with E-state index in [9.17, 15) is 10.2 Å². The lowest BCUT2D eigenvalue weighted by Crippen LogP contribution is -3.00. The lowest BCUT2D eigenvalue weighted by atomic mass is 9.72. The van der Waals surface area contributed by atoms with Crippen LogP contribution in [0.15, 0.2) is 23.8 Å². The first-order valence-corrected chi connectivity index (χ1v) is 9.28. The fourth-order valence-electron chi connectivity index (χ4n) is 3.29. The number of aromatic hydroxyl groups is 1. The molecule has 0 aliphatic rings. The maximum Gasteiger partial charge on any atom is 0.225 e. The van der Waals surface area contributed by atoms with Crippen molar-refractivity contribution in [2.45, 2.75) is 71.9 Å². The number of hydrogen-bond donors (Lipinski definition) is 2. The molecule has 2 aromatic rings. The molecule has 0 radical (unpaired) electrons. The first-order chi connectivity index (χ1) is 10.9. The van der Waals surface area contributed by atoms with E-state index in [2.05, 4.69) is 54.7 Å². The van der Waals surface area contributed by atoms with Gasteiger partial charge in [0.25, 0.3) is 0 Å². The summed E-state index contributed by atoms with van der Waals surface area (Å²) < 4.78 is 2.03. The minimum atomic E-state index is -0.611. The number of thiazole rings is 1. The number of phenolic OH excluding ortho intramolecular Hbond substituents is 1. The van der Waals surface area contributed by atoms with E-state index in [4.69, 9.17) is 0 Å². The molecule has 1 atom stereocenters. The molecule has 1 unspecified atom stereocenters. The molecule has 0 fully saturated rings. The molecule has 5 heteroatoms. The van der Waals surface area contributed by atoms with E-state index < -0.39 is 6.10 Å². The Morgan fingerprint density at radius 1 is 1.04 bits per heavy atom. The Morgan fingerprint density at radius 2 is 1.60 bits per heavy atom. The second kappa shape index (κ2) is 7.77. The molecule has 2 N–H and O–H groups in total. The highest BCUT2D eigenvalue weighted by Gasteiger charge is 2.33. The lowest BCUT2D eigenvalue weighted by Gasteiger charge is -2.33. The summed E-state index contributed by atoms with van der Waals surface area (Å²) in [7, 11) is 0. The van der Waals surface area contributed by atoms with Crippen LogP contribution in [0, 0.1) is 6.92 Å². The summed E-state index contributed by atoms with van der Waals surface area (Å²) >= 11 is 1.67. The van der Waals surface area contributed by atoms with Crippen LogP contribution in [-0.4, -0.2) is 10.2 Å². The molecule has 3 nitrogen and oxygen atoms in total. The van der Waals surface area contributed by atoms with Gasteiger partial charge in [-0.2, -0.15) is 4.57 Å². The molecule has 0 aliphatic heterocycles. The van der Waals surface area contributed by atoms with Crippen molar-refractivity contribution in [3.8, 4) is 5.75 Å². The number of aliphatic hydroxyl groups excluding tert-OH is 1. The highest BCUT2D eigenvalue weighted by Crippen LogP contribution is 2.43. The molecule has 0 bridgehead atoms. The molecule has 0 saturated heterocycles. The van der Waals surface area contributed by atoms with Crippen molar-refractivity contribution < 1.29 is 31.8 Å². The van der Waals surface area contributed by atoms with Crippen molar-refractivity contribution in [1.82, 2.24) is 0 Å². The number of benzene rings is 1. The SMILES string of the molecule is Cc1c[n+](CC(O)c2ccc(O)c(C(C)(C)C)c2C(C)(C)C)cs1.[Br-]. The Labute approximate surface area is 166 Å². The normalized spacial score (nSPS) is 13.4. The highest BCUT2D eigenvalue weighted by atomic mass is 79.9. The van der Waals surface area contributed by atoms with Crippen LogP contribution in [0.4, 0.5) is 0 Å². The van der Waals surface area contributed by atoms with Gasteiger partial charge in [-0.1, -0.05) is 58.9 Å². The Bertz CT molecular complexity index is 726. The van der Waals surface area contributed by atoms with Gasteiger partial charge in [0.1, 0.15) is 11.9 Å². The minimum absolute atomic E-state index is 0. The zero-order valence-corrected chi connectivity index (χ0v) is 18.6. The first kappa shape index (κ1) is 22.1. The van der Waals surface area contributed by atoms with Crippen molar-refractivity contribution >= 4 is 11.3 Å². The number of aromatic nitrogens is 1. The molecule has 1 aromatic carbocycles. The Balaban J connectivity index is 0.00000312. The van der Waals surface area contributed by atoms with Gasteiger partial charge in [0.05, 0.1) is 4.88 Å². The fourth-order valence-corrected chi connectivity index (χ4v) is 3.94. The number of nitrogens with zero attached hydrogens (tertiary/aromatic N) is 1. The number of rotatable bonds is 3. The predicted octanol–water partition coefficient (Wildman–Crippen LogP) is 1.38. The zero-order valence-electron chi connectivity index (χ0n) is 16.2. The molecule has 0 saturated carbocycles. The van der Waals surface area contributed by atoms with Crippen LogP contribution in [0.3, 0.4) is 0 Å². The van der Waals surface area contributed by atoms with Crippen LogP contribution in [0.5, 0.6) is 5.75 Å². The van der Waals surface area contributed by atoms with Crippen LogP contribution in [0.2, 0.25) is 0 Å². The summed E-state index contributed by atoms with van der Waals surface area (Å²) in [5.41, 5.74) is 4.54. The first-order valence-electron chi connectivity index (χ1n) is 8.40. The minimum Gasteiger partial charge on any atom is -1.00 e. The number of halogens is 1. The van der Waals surface area contributed by atoms with Crippen LogP contribution >= 0.6 is 11.3 Å². The molecule has 1 heterocycles. The number of hydrogen-bond acceptors (Lipinski definition) is 3. The van der Waals surface area contributed by atoms with Crippen LogP contribution < -0.4 is 21.5 Å². The van der Waals surface area contributed by atoms with Gasteiger partial charge in [0, 0.05) is 5.56 Å².